The molecule has 4 rings (SSSR count). The third kappa shape index (κ3) is 1.87. The van der Waals surface area contributed by atoms with E-state index in [0.717, 1.165) is 38.8 Å². The van der Waals surface area contributed by atoms with Crippen LogP contribution in [0.15, 0.2) is 0 Å². The van der Waals surface area contributed by atoms with E-state index < -0.39 is 11.5 Å². The van der Waals surface area contributed by atoms with Gasteiger partial charge in [-0.25, -0.2) is 0 Å². The van der Waals surface area contributed by atoms with Crippen molar-refractivity contribution in [2.24, 2.45) is 5.92 Å². The van der Waals surface area contributed by atoms with Crippen molar-refractivity contribution < 1.29 is 9.90 Å². The van der Waals surface area contributed by atoms with Gasteiger partial charge in [0.1, 0.15) is 5.54 Å². The van der Waals surface area contributed by atoms with Crippen molar-refractivity contribution in [3.8, 4) is 0 Å². The predicted octanol–water partition coefficient (Wildman–Crippen LogP) is 1.07. The molecule has 4 heteroatoms. The lowest BCUT2D eigenvalue weighted by Gasteiger charge is -2.52. The normalized spacial score (nSPS) is 41.9. The number of aliphatic carboxylic acids is 1. The summed E-state index contributed by atoms with van der Waals surface area (Å²) in [5, 5.41) is 13.2. The maximum absolute atomic E-state index is 11.8. The van der Waals surface area contributed by atoms with Crippen LogP contribution >= 0.6 is 0 Å². The van der Waals surface area contributed by atoms with E-state index in [1.54, 1.807) is 0 Å². The Bertz CT molecular complexity index is 307. The van der Waals surface area contributed by atoms with Gasteiger partial charge in [-0.3, -0.25) is 10.1 Å². The van der Waals surface area contributed by atoms with Crippen molar-refractivity contribution in [3.63, 3.8) is 0 Å². The van der Waals surface area contributed by atoms with Crippen molar-refractivity contribution in [2.75, 3.05) is 19.6 Å². The first kappa shape index (κ1) is 11.5. The molecular weight excluding hydrogens is 216 g/mol. The Balaban J connectivity index is 1.80. The maximum atomic E-state index is 11.8. The zero-order valence-electron chi connectivity index (χ0n) is 10.3. The first-order chi connectivity index (χ1) is 8.21. The summed E-state index contributed by atoms with van der Waals surface area (Å²) in [4.78, 5) is 14.1. The molecular formula is C13H22N2O2. The number of nitrogens with zero attached hydrogens (tertiary/aromatic N) is 1. The molecule has 1 saturated carbocycles. The maximum Gasteiger partial charge on any atom is 0.325 e. The molecule has 17 heavy (non-hydrogen) atoms. The van der Waals surface area contributed by atoms with Gasteiger partial charge in [-0.15, -0.1) is 0 Å². The molecule has 0 aromatic heterocycles. The van der Waals surface area contributed by atoms with E-state index >= 15 is 0 Å². The van der Waals surface area contributed by atoms with Crippen molar-refractivity contribution in [3.05, 3.63) is 0 Å². The molecule has 2 bridgehead atoms. The van der Waals surface area contributed by atoms with Gasteiger partial charge in [0.25, 0.3) is 0 Å². The van der Waals surface area contributed by atoms with Crippen LogP contribution in [0.1, 0.15) is 38.5 Å². The van der Waals surface area contributed by atoms with Gasteiger partial charge in [0.2, 0.25) is 0 Å². The third-order valence-electron chi connectivity index (χ3n) is 4.96. The molecule has 96 valence electrons. The summed E-state index contributed by atoms with van der Waals surface area (Å²) in [5.74, 6) is -0.288. The monoisotopic (exact) mass is 238 g/mol. The van der Waals surface area contributed by atoms with Crippen LogP contribution in [0.4, 0.5) is 0 Å². The number of hydrogen-bond acceptors (Lipinski definition) is 3. The Morgan fingerprint density at radius 2 is 1.82 bits per heavy atom. The largest absolute Gasteiger partial charge is 0.480 e. The molecule has 1 unspecified atom stereocenters. The minimum atomic E-state index is -0.647. The number of rotatable bonds is 3. The number of carboxylic acid groups (broad SMARTS) is 1. The fourth-order valence-corrected chi connectivity index (χ4v) is 3.97. The summed E-state index contributed by atoms with van der Waals surface area (Å²) in [6.07, 6.45) is 6.91. The van der Waals surface area contributed by atoms with Gasteiger partial charge in [-0.05, 0) is 44.7 Å². The smallest absolute Gasteiger partial charge is 0.325 e. The Kier molecular flexibility index (Phi) is 2.87. The Labute approximate surface area is 102 Å². The van der Waals surface area contributed by atoms with Crippen LogP contribution in [-0.2, 0) is 4.79 Å². The van der Waals surface area contributed by atoms with Crippen molar-refractivity contribution in [2.45, 2.75) is 50.1 Å². The summed E-state index contributed by atoms with van der Waals surface area (Å²) in [6, 6.07) is 0.437. The topological polar surface area (TPSA) is 52.6 Å². The summed E-state index contributed by atoms with van der Waals surface area (Å²) >= 11 is 0. The number of carbonyl (C=O) groups is 1. The molecule has 3 aliphatic heterocycles. The quantitative estimate of drug-likeness (QED) is 0.772. The van der Waals surface area contributed by atoms with Crippen molar-refractivity contribution in [1.29, 1.82) is 0 Å². The Morgan fingerprint density at radius 3 is 2.29 bits per heavy atom. The van der Waals surface area contributed by atoms with Crippen molar-refractivity contribution in [1.82, 2.24) is 10.2 Å². The molecule has 0 aromatic rings. The minimum absolute atomic E-state index is 0.339. The number of hydrogen-bond donors (Lipinski definition) is 2. The summed E-state index contributed by atoms with van der Waals surface area (Å²) < 4.78 is 0. The fraction of sp³-hybridized carbons (Fsp3) is 0.923. The number of carboxylic acids is 1. The van der Waals surface area contributed by atoms with Gasteiger partial charge in [-0.1, -0.05) is 12.8 Å². The van der Waals surface area contributed by atoms with Gasteiger partial charge < -0.3 is 10.0 Å². The molecule has 1 aliphatic carbocycles. The number of fused-ring (bicyclic) bond motifs is 3. The molecule has 4 nitrogen and oxygen atoms in total. The van der Waals surface area contributed by atoms with Crippen LogP contribution in [0.25, 0.3) is 0 Å². The first-order valence-electron chi connectivity index (χ1n) is 6.94. The van der Waals surface area contributed by atoms with E-state index in [2.05, 4.69) is 10.2 Å². The lowest BCUT2D eigenvalue weighted by Crippen LogP contribution is -2.71. The van der Waals surface area contributed by atoms with E-state index in [9.17, 15) is 9.90 Å². The highest BCUT2D eigenvalue weighted by atomic mass is 16.4. The van der Waals surface area contributed by atoms with Crippen LogP contribution in [0.5, 0.6) is 0 Å². The van der Waals surface area contributed by atoms with Gasteiger partial charge in [0.05, 0.1) is 0 Å². The average Bonchev–Trinajstić information content (AvgIpc) is 2.83. The Hall–Kier alpha value is -0.610. The van der Waals surface area contributed by atoms with Gasteiger partial charge in [-0.2, -0.15) is 0 Å². The lowest BCUT2D eigenvalue weighted by molar-refractivity contribution is -0.155. The second kappa shape index (κ2) is 4.25. The van der Waals surface area contributed by atoms with Crippen molar-refractivity contribution >= 4 is 5.97 Å². The number of piperidine rings is 3. The second-order valence-corrected chi connectivity index (χ2v) is 5.95. The molecule has 0 aromatic carbocycles. The molecule has 0 radical (unpaired) electrons. The SMILES string of the molecule is O=C(O)C1(NC2CCCC2)CN2CCC1CC2. The molecule has 1 atom stereocenters. The third-order valence-corrected chi connectivity index (χ3v) is 4.96. The van der Waals surface area contributed by atoms with E-state index in [0.29, 0.717) is 18.5 Å². The lowest BCUT2D eigenvalue weighted by atomic mass is 9.72. The molecule has 2 N–H and O–H groups in total. The van der Waals surface area contributed by atoms with Crippen LogP contribution in [0.3, 0.4) is 0 Å². The highest BCUT2D eigenvalue weighted by Gasteiger charge is 2.52. The summed E-state index contributed by atoms with van der Waals surface area (Å²) in [7, 11) is 0. The van der Waals surface area contributed by atoms with E-state index in [-0.39, 0.29) is 0 Å². The molecule has 4 aliphatic rings. The van der Waals surface area contributed by atoms with Gasteiger partial charge in [0.15, 0.2) is 0 Å². The highest BCUT2D eigenvalue weighted by Crippen LogP contribution is 2.37. The van der Waals surface area contributed by atoms with Crippen LogP contribution in [0.2, 0.25) is 0 Å². The van der Waals surface area contributed by atoms with E-state index in [1.165, 1.54) is 12.8 Å². The number of nitrogens with one attached hydrogen (secondary N) is 1. The zero-order chi connectivity index (χ0) is 11.9. The summed E-state index contributed by atoms with van der Waals surface area (Å²) in [5.41, 5.74) is -0.647. The predicted molar refractivity (Wildman–Crippen MR) is 64.9 cm³/mol. The summed E-state index contributed by atoms with van der Waals surface area (Å²) in [6.45, 7) is 2.89. The molecule has 3 heterocycles. The fourth-order valence-electron chi connectivity index (χ4n) is 3.97. The zero-order valence-corrected chi connectivity index (χ0v) is 10.3. The van der Waals surface area contributed by atoms with Gasteiger partial charge in [0, 0.05) is 12.6 Å². The van der Waals surface area contributed by atoms with Crippen LogP contribution in [-0.4, -0.2) is 47.2 Å². The molecule has 0 amide bonds. The Morgan fingerprint density at radius 1 is 1.18 bits per heavy atom. The minimum Gasteiger partial charge on any atom is -0.480 e. The van der Waals surface area contributed by atoms with Gasteiger partial charge >= 0.3 is 5.97 Å². The average molecular weight is 238 g/mol. The second-order valence-electron chi connectivity index (χ2n) is 5.95. The van der Waals surface area contributed by atoms with Crippen LogP contribution in [0, 0.1) is 5.92 Å². The van der Waals surface area contributed by atoms with E-state index in [4.69, 9.17) is 0 Å². The highest BCUT2D eigenvalue weighted by molar-refractivity contribution is 5.80. The van der Waals surface area contributed by atoms with Crippen LogP contribution < -0.4 is 5.32 Å². The van der Waals surface area contributed by atoms with E-state index in [1.807, 2.05) is 0 Å². The first-order valence-corrected chi connectivity index (χ1v) is 6.94. The molecule has 3 saturated heterocycles. The standard InChI is InChI=1S/C13H22N2O2/c16-12(17)13(14-11-3-1-2-4-11)9-15-7-5-10(13)6-8-15/h10-11,14H,1-9H2,(H,16,17). The molecule has 0 spiro atoms. The molecule has 4 fully saturated rings.